The highest BCUT2D eigenvalue weighted by Gasteiger charge is 2.04. The molecule has 1 atom stereocenters. The van der Waals surface area contributed by atoms with Gasteiger partial charge in [-0.2, -0.15) is 0 Å². The summed E-state index contributed by atoms with van der Waals surface area (Å²) in [6.45, 7) is 4.32. The second-order valence-electron chi connectivity index (χ2n) is 4.42. The molecule has 0 aliphatic rings. The van der Waals surface area contributed by atoms with Crippen LogP contribution in [0.25, 0.3) is 0 Å². The number of nitro benzene ring substituents is 1. The summed E-state index contributed by atoms with van der Waals surface area (Å²) >= 11 is 0. The Morgan fingerprint density at radius 2 is 2.11 bits per heavy atom. The third kappa shape index (κ3) is 6.17. The van der Waals surface area contributed by atoms with Gasteiger partial charge in [-0.25, -0.2) is 0 Å². The van der Waals surface area contributed by atoms with Crippen LogP contribution in [0.5, 0.6) is 5.75 Å². The number of nitro groups is 1. The van der Waals surface area contributed by atoms with Crippen LogP contribution in [-0.2, 0) is 0 Å². The summed E-state index contributed by atoms with van der Waals surface area (Å²) in [6, 6.07) is 6.03. The van der Waals surface area contributed by atoms with E-state index in [0.29, 0.717) is 24.8 Å². The van der Waals surface area contributed by atoms with Gasteiger partial charge in [-0.1, -0.05) is 6.92 Å². The molecule has 0 radical (unpaired) electrons. The average Bonchev–Trinajstić information content (AvgIpc) is 2.39. The smallest absolute Gasteiger partial charge is 0.269 e. The van der Waals surface area contributed by atoms with E-state index in [9.17, 15) is 10.1 Å². The molecule has 6 nitrogen and oxygen atoms in total. The van der Waals surface area contributed by atoms with Crippen LogP contribution in [0.3, 0.4) is 0 Å². The Labute approximate surface area is 112 Å². The van der Waals surface area contributed by atoms with E-state index < -0.39 is 4.92 Å². The molecule has 1 aromatic carbocycles. The molecule has 0 fully saturated rings. The van der Waals surface area contributed by atoms with Crippen molar-refractivity contribution in [3.63, 3.8) is 0 Å². The van der Waals surface area contributed by atoms with Gasteiger partial charge in [0, 0.05) is 25.3 Å². The van der Waals surface area contributed by atoms with Crippen molar-refractivity contribution in [3.8, 4) is 5.75 Å². The van der Waals surface area contributed by atoms with Crippen molar-refractivity contribution in [2.24, 2.45) is 5.92 Å². The maximum absolute atomic E-state index is 10.5. The molecule has 2 N–H and O–H groups in total. The molecule has 106 valence electrons. The lowest BCUT2D eigenvalue weighted by molar-refractivity contribution is -0.384. The lowest BCUT2D eigenvalue weighted by Crippen LogP contribution is -2.26. The second-order valence-corrected chi connectivity index (χ2v) is 4.42. The lowest BCUT2D eigenvalue weighted by atomic mass is 10.1. The summed E-state index contributed by atoms with van der Waals surface area (Å²) in [5.41, 5.74) is 0.0586. The van der Waals surface area contributed by atoms with E-state index in [0.717, 1.165) is 13.0 Å². The van der Waals surface area contributed by atoms with Crippen LogP contribution in [0.15, 0.2) is 24.3 Å². The quantitative estimate of drug-likeness (QED) is 0.403. The molecule has 0 bridgehead atoms. The zero-order valence-electron chi connectivity index (χ0n) is 11.0. The van der Waals surface area contributed by atoms with Crippen molar-refractivity contribution in [2.75, 3.05) is 26.3 Å². The zero-order chi connectivity index (χ0) is 14.1. The fraction of sp³-hybridized carbons (Fsp3) is 0.538. The van der Waals surface area contributed by atoms with Gasteiger partial charge in [0.2, 0.25) is 0 Å². The van der Waals surface area contributed by atoms with E-state index in [1.807, 2.05) is 0 Å². The van der Waals surface area contributed by atoms with Crippen LogP contribution in [0.4, 0.5) is 5.69 Å². The molecule has 0 heterocycles. The number of non-ortho nitro benzene ring substituents is 1. The standard InChI is InChI=1S/C13H20N2O4/c1-11(6-8-16)10-14-7-9-19-13-4-2-12(3-5-13)15(17)18/h2-5,11,14,16H,6-10H2,1H3. The first kappa shape index (κ1) is 15.4. The van der Waals surface area contributed by atoms with E-state index in [1.165, 1.54) is 12.1 Å². The molecule has 19 heavy (non-hydrogen) atoms. The predicted octanol–water partition coefficient (Wildman–Crippen LogP) is 1.58. The van der Waals surface area contributed by atoms with Crippen LogP contribution >= 0.6 is 0 Å². The highest BCUT2D eigenvalue weighted by molar-refractivity contribution is 5.35. The number of hydrogen-bond donors (Lipinski definition) is 2. The van der Waals surface area contributed by atoms with Crippen molar-refractivity contribution < 1.29 is 14.8 Å². The molecule has 1 unspecified atom stereocenters. The van der Waals surface area contributed by atoms with Crippen LogP contribution in [0, 0.1) is 16.0 Å². The summed E-state index contributed by atoms with van der Waals surface area (Å²) < 4.78 is 5.45. The number of aliphatic hydroxyl groups excluding tert-OH is 1. The van der Waals surface area contributed by atoms with Crippen LogP contribution in [0.1, 0.15) is 13.3 Å². The third-order valence-corrected chi connectivity index (χ3v) is 2.71. The number of aliphatic hydroxyl groups is 1. The number of rotatable bonds is 9. The van der Waals surface area contributed by atoms with Crippen LogP contribution < -0.4 is 10.1 Å². The van der Waals surface area contributed by atoms with Gasteiger partial charge >= 0.3 is 0 Å². The first-order chi connectivity index (χ1) is 9.13. The van der Waals surface area contributed by atoms with Crippen LogP contribution in [-0.4, -0.2) is 36.3 Å². The van der Waals surface area contributed by atoms with Gasteiger partial charge in [0.1, 0.15) is 12.4 Å². The topological polar surface area (TPSA) is 84.6 Å². The molecule has 1 aromatic rings. The Morgan fingerprint density at radius 3 is 2.68 bits per heavy atom. The molecule has 1 rings (SSSR count). The van der Waals surface area contributed by atoms with Gasteiger partial charge in [-0.05, 0) is 31.0 Å². The number of hydrogen-bond acceptors (Lipinski definition) is 5. The first-order valence-corrected chi connectivity index (χ1v) is 6.32. The highest BCUT2D eigenvalue weighted by Crippen LogP contribution is 2.16. The minimum absolute atomic E-state index is 0.0586. The van der Waals surface area contributed by atoms with Gasteiger partial charge in [0.15, 0.2) is 0 Å². The number of nitrogens with zero attached hydrogens (tertiary/aromatic N) is 1. The minimum Gasteiger partial charge on any atom is -0.492 e. The SMILES string of the molecule is CC(CCO)CNCCOc1ccc([N+](=O)[O-])cc1. The Balaban J connectivity index is 2.17. The molecule has 0 aliphatic heterocycles. The van der Waals surface area contributed by atoms with E-state index in [4.69, 9.17) is 9.84 Å². The van der Waals surface area contributed by atoms with Crippen molar-refractivity contribution in [3.05, 3.63) is 34.4 Å². The van der Waals surface area contributed by atoms with E-state index in [2.05, 4.69) is 12.2 Å². The Morgan fingerprint density at radius 1 is 1.42 bits per heavy atom. The maximum Gasteiger partial charge on any atom is 0.269 e. The Hall–Kier alpha value is -1.66. The van der Waals surface area contributed by atoms with Crippen LogP contribution in [0.2, 0.25) is 0 Å². The van der Waals surface area contributed by atoms with Gasteiger partial charge in [0.05, 0.1) is 4.92 Å². The van der Waals surface area contributed by atoms with E-state index in [-0.39, 0.29) is 12.3 Å². The van der Waals surface area contributed by atoms with Gasteiger partial charge in [-0.3, -0.25) is 10.1 Å². The van der Waals surface area contributed by atoms with Gasteiger partial charge in [-0.15, -0.1) is 0 Å². The summed E-state index contributed by atoms with van der Waals surface area (Å²) in [7, 11) is 0. The van der Waals surface area contributed by atoms with Gasteiger partial charge < -0.3 is 15.2 Å². The molecule has 0 aliphatic carbocycles. The normalized spacial score (nSPS) is 12.1. The van der Waals surface area contributed by atoms with Gasteiger partial charge in [0.25, 0.3) is 5.69 Å². The number of benzene rings is 1. The zero-order valence-corrected chi connectivity index (χ0v) is 11.0. The van der Waals surface area contributed by atoms with Crippen molar-refractivity contribution in [1.82, 2.24) is 5.32 Å². The molecule has 0 saturated carbocycles. The minimum atomic E-state index is -0.437. The molecule has 0 aromatic heterocycles. The summed E-state index contributed by atoms with van der Waals surface area (Å²) in [5.74, 6) is 1.06. The summed E-state index contributed by atoms with van der Waals surface area (Å²) in [6.07, 6.45) is 0.788. The molecular formula is C13H20N2O4. The predicted molar refractivity (Wildman–Crippen MR) is 72.3 cm³/mol. The lowest BCUT2D eigenvalue weighted by Gasteiger charge is -2.11. The monoisotopic (exact) mass is 268 g/mol. The van der Waals surface area contributed by atoms with E-state index >= 15 is 0 Å². The largest absolute Gasteiger partial charge is 0.492 e. The molecule has 0 spiro atoms. The third-order valence-electron chi connectivity index (χ3n) is 2.71. The fourth-order valence-corrected chi connectivity index (χ4v) is 1.58. The number of nitrogens with one attached hydrogen (secondary N) is 1. The first-order valence-electron chi connectivity index (χ1n) is 6.32. The molecule has 6 heteroatoms. The van der Waals surface area contributed by atoms with Crippen molar-refractivity contribution in [2.45, 2.75) is 13.3 Å². The molecule has 0 saturated heterocycles. The van der Waals surface area contributed by atoms with E-state index in [1.54, 1.807) is 12.1 Å². The highest BCUT2D eigenvalue weighted by atomic mass is 16.6. The summed E-state index contributed by atoms with van der Waals surface area (Å²) in [5, 5.41) is 22.4. The second kappa shape index (κ2) is 8.44. The average molecular weight is 268 g/mol. The maximum atomic E-state index is 10.5. The fourth-order valence-electron chi connectivity index (χ4n) is 1.58. The van der Waals surface area contributed by atoms with Crippen molar-refractivity contribution >= 4 is 5.69 Å². The molecule has 0 amide bonds. The van der Waals surface area contributed by atoms with Crippen molar-refractivity contribution in [1.29, 1.82) is 0 Å². The molecular weight excluding hydrogens is 248 g/mol. The Bertz CT molecular complexity index is 381. The Kier molecular flexibility index (Phi) is 6.84. The number of ether oxygens (including phenoxy) is 1. The summed E-state index contributed by atoms with van der Waals surface area (Å²) in [4.78, 5) is 10.0.